The number of nitrogens with one attached hydrogen (secondary N) is 3. The van der Waals surface area contributed by atoms with E-state index in [1.54, 1.807) is 0 Å². The third kappa shape index (κ3) is 7.27. The molecule has 3 N–H and O–H groups in total. The van der Waals surface area contributed by atoms with Crippen LogP contribution in [0.3, 0.4) is 0 Å². The summed E-state index contributed by atoms with van der Waals surface area (Å²) in [5, 5.41) is 9.49. The number of hydrogen-bond donors (Lipinski definition) is 3. The molecular formula is C30H35N3O2. The average molecular weight is 470 g/mol. The van der Waals surface area contributed by atoms with Gasteiger partial charge in [-0.3, -0.25) is 9.59 Å². The number of rotatable bonds is 11. The molecule has 0 saturated heterocycles. The summed E-state index contributed by atoms with van der Waals surface area (Å²) < 4.78 is 0. The Balaban J connectivity index is 1.13. The summed E-state index contributed by atoms with van der Waals surface area (Å²) in [6.45, 7) is 1.96. The predicted molar refractivity (Wildman–Crippen MR) is 140 cm³/mol. The highest BCUT2D eigenvalue weighted by Crippen LogP contribution is 2.23. The molecule has 35 heavy (non-hydrogen) atoms. The number of carbonyl (C=O) groups is 2. The van der Waals surface area contributed by atoms with Gasteiger partial charge in [-0.25, -0.2) is 0 Å². The SMILES string of the molecule is O=C(CCCCCNC(=O)[C@@H]1Cc2ccccc2CN1)NCC(c1ccccc1)c1ccccc1. The van der Waals surface area contributed by atoms with E-state index in [0.29, 0.717) is 19.5 Å². The first kappa shape index (κ1) is 24.7. The third-order valence-corrected chi connectivity index (χ3v) is 6.68. The topological polar surface area (TPSA) is 70.2 Å². The summed E-state index contributed by atoms with van der Waals surface area (Å²) in [4.78, 5) is 25.0. The highest BCUT2D eigenvalue weighted by Gasteiger charge is 2.23. The highest BCUT2D eigenvalue weighted by molar-refractivity contribution is 5.82. The fourth-order valence-electron chi connectivity index (χ4n) is 4.66. The Hall–Kier alpha value is -3.44. The van der Waals surface area contributed by atoms with Crippen molar-refractivity contribution in [1.82, 2.24) is 16.0 Å². The Labute approximate surface area is 208 Å². The quantitative estimate of drug-likeness (QED) is 0.366. The molecule has 0 bridgehead atoms. The second kappa shape index (κ2) is 12.9. The van der Waals surface area contributed by atoms with Crippen molar-refractivity contribution in [2.45, 2.75) is 50.6 Å². The molecule has 0 fully saturated rings. The molecule has 0 aromatic heterocycles. The standard InChI is InChI=1S/C30H35N3O2/c34-29(33-22-27(23-12-4-1-5-13-23)24-14-6-2-7-15-24)18-8-3-11-19-31-30(35)28-20-25-16-9-10-17-26(25)21-32-28/h1-2,4-7,9-10,12-17,27-28,32H,3,8,11,18-22H2,(H,31,35)(H,33,34)/t28-/m0/s1. The van der Waals surface area contributed by atoms with Crippen LogP contribution in [0.4, 0.5) is 0 Å². The summed E-state index contributed by atoms with van der Waals surface area (Å²) in [6.07, 6.45) is 3.84. The smallest absolute Gasteiger partial charge is 0.237 e. The van der Waals surface area contributed by atoms with Crippen molar-refractivity contribution in [2.75, 3.05) is 13.1 Å². The van der Waals surface area contributed by atoms with Crippen molar-refractivity contribution in [3.8, 4) is 0 Å². The summed E-state index contributed by atoms with van der Waals surface area (Å²) in [5.74, 6) is 0.276. The van der Waals surface area contributed by atoms with E-state index in [2.05, 4.69) is 52.3 Å². The third-order valence-electron chi connectivity index (χ3n) is 6.68. The van der Waals surface area contributed by atoms with Gasteiger partial charge in [0.1, 0.15) is 0 Å². The molecule has 1 atom stereocenters. The van der Waals surface area contributed by atoms with Crippen molar-refractivity contribution in [3.05, 3.63) is 107 Å². The molecule has 4 rings (SSSR count). The fourth-order valence-corrected chi connectivity index (χ4v) is 4.66. The highest BCUT2D eigenvalue weighted by atomic mass is 16.2. The molecule has 3 aromatic carbocycles. The van der Waals surface area contributed by atoms with Crippen molar-refractivity contribution >= 4 is 11.8 Å². The van der Waals surface area contributed by atoms with E-state index < -0.39 is 0 Å². The van der Waals surface area contributed by atoms with Crippen LogP contribution in [-0.2, 0) is 22.6 Å². The van der Waals surface area contributed by atoms with Crippen LogP contribution in [0.1, 0.15) is 53.9 Å². The van der Waals surface area contributed by atoms with Crippen molar-refractivity contribution in [2.24, 2.45) is 0 Å². The molecule has 0 saturated carbocycles. The zero-order valence-electron chi connectivity index (χ0n) is 20.2. The maximum atomic E-state index is 12.5. The lowest BCUT2D eigenvalue weighted by molar-refractivity contribution is -0.123. The Bertz CT molecular complexity index is 1050. The van der Waals surface area contributed by atoms with Crippen LogP contribution in [0.15, 0.2) is 84.9 Å². The summed E-state index contributed by atoms with van der Waals surface area (Å²) >= 11 is 0. The molecule has 5 heteroatoms. The van der Waals surface area contributed by atoms with Crippen LogP contribution in [0.2, 0.25) is 0 Å². The lowest BCUT2D eigenvalue weighted by Crippen LogP contribution is -2.47. The fraction of sp³-hybridized carbons (Fsp3) is 0.333. The van der Waals surface area contributed by atoms with E-state index in [4.69, 9.17) is 0 Å². The minimum atomic E-state index is -0.169. The van der Waals surface area contributed by atoms with E-state index in [1.165, 1.54) is 22.3 Å². The van der Waals surface area contributed by atoms with E-state index in [9.17, 15) is 9.59 Å². The number of benzene rings is 3. The van der Waals surface area contributed by atoms with Gasteiger partial charge in [-0.05, 0) is 41.5 Å². The van der Waals surface area contributed by atoms with Crippen LogP contribution in [0.5, 0.6) is 0 Å². The first-order valence-corrected chi connectivity index (χ1v) is 12.6. The largest absolute Gasteiger partial charge is 0.355 e. The van der Waals surface area contributed by atoms with Crippen molar-refractivity contribution in [1.29, 1.82) is 0 Å². The van der Waals surface area contributed by atoms with E-state index in [-0.39, 0.29) is 23.8 Å². The number of carbonyl (C=O) groups excluding carboxylic acids is 2. The Morgan fingerprint density at radius 1 is 0.771 bits per heavy atom. The second-order valence-corrected chi connectivity index (χ2v) is 9.19. The van der Waals surface area contributed by atoms with Gasteiger partial charge >= 0.3 is 0 Å². The van der Waals surface area contributed by atoms with Gasteiger partial charge in [0.2, 0.25) is 11.8 Å². The normalized spacial score (nSPS) is 14.8. The Kier molecular flexibility index (Phi) is 9.07. The lowest BCUT2D eigenvalue weighted by Gasteiger charge is -2.25. The van der Waals surface area contributed by atoms with Gasteiger partial charge in [0.05, 0.1) is 6.04 Å². The first-order chi connectivity index (χ1) is 17.2. The van der Waals surface area contributed by atoms with Crippen LogP contribution in [0, 0.1) is 0 Å². The summed E-state index contributed by atoms with van der Waals surface area (Å²) in [6, 6.07) is 28.7. The van der Waals surface area contributed by atoms with Gasteiger partial charge < -0.3 is 16.0 Å². The lowest BCUT2D eigenvalue weighted by atomic mass is 9.91. The van der Waals surface area contributed by atoms with Gasteiger partial charge in [-0.2, -0.15) is 0 Å². The summed E-state index contributed by atoms with van der Waals surface area (Å²) in [5.41, 5.74) is 4.92. The molecule has 0 aliphatic carbocycles. The van der Waals surface area contributed by atoms with Crippen LogP contribution in [-0.4, -0.2) is 30.9 Å². The number of fused-ring (bicyclic) bond motifs is 1. The molecule has 182 valence electrons. The number of amides is 2. The van der Waals surface area contributed by atoms with Gasteiger partial charge in [0.25, 0.3) is 0 Å². The average Bonchev–Trinajstić information content (AvgIpc) is 2.91. The molecule has 0 radical (unpaired) electrons. The second-order valence-electron chi connectivity index (χ2n) is 9.19. The van der Waals surface area contributed by atoms with Crippen molar-refractivity contribution in [3.63, 3.8) is 0 Å². The molecule has 1 aliphatic rings. The summed E-state index contributed by atoms with van der Waals surface area (Å²) in [7, 11) is 0. The zero-order valence-corrected chi connectivity index (χ0v) is 20.2. The van der Waals surface area contributed by atoms with E-state index in [0.717, 1.165) is 32.2 Å². The van der Waals surface area contributed by atoms with E-state index in [1.807, 2.05) is 48.5 Å². The van der Waals surface area contributed by atoms with Gasteiger partial charge in [-0.1, -0.05) is 91.3 Å². The molecule has 2 amide bonds. The maximum Gasteiger partial charge on any atom is 0.237 e. The van der Waals surface area contributed by atoms with Crippen LogP contribution in [0.25, 0.3) is 0 Å². The zero-order chi connectivity index (χ0) is 24.3. The molecule has 0 spiro atoms. The number of unbranched alkanes of at least 4 members (excludes halogenated alkanes) is 2. The first-order valence-electron chi connectivity index (χ1n) is 12.6. The minimum absolute atomic E-state index is 0.0603. The molecule has 0 unspecified atom stereocenters. The molecule has 1 aliphatic heterocycles. The Morgan fingerprint density at radius 2 is 1.40 bits per heavy atom. The monoisotopic (exact) mass is 469 g/mol. The molecule has 3 aromatic rings. The van der Waals surface area contributed by atoms with Gasteiger partial charge in [0, 0.05) is 32.0 Å². The number of hydrogen-bond acceptors (Lipinski definition) is 3. The van der Waals surface area contributed by atoms with Crippen LogP contribution < -0.4 is 16.0 Å². The minimum Gasteiger partial charge on any atom is -0.355 e. The molecular weight excluding hydrogens is 434 g/mol. The van der Waals surface area contributed by atoms with Crippen molar-refractivity contribution < 1.29 is 9.59 Å². The molecule has 5 nitrogen and oxygen atoms in total. The van der Waals surface area contributed by atoms with Crippen LogP contribution >= 0.6 is 0 Å². The Morgan fingerprint density at radius 3 is 2.09 bits per heavy atom. The van der Waals surface area contributed by atoms with E-state index >= 15 is 0 Å². The van der Waals surface area contributed by atoms with Gasteiger partial charge in [-0.15, -0.1) is 0 Å². The predicted octanol–water partition coefficient (Wildman–Crippen LogP) is 4.33. The maximum absolute atomic E-state index is 12.5. The van der Waals surface area contributed by atoms with Gasteiger partial charge in [0.15, 0.2) is 0 Å². The molecule has 1 heterocycles.